The van der Waals surface area contributed by atoms with Gasteiger partial charge in [0.1, 0.15) is 11.6 Å². The van der Waals surface area contributed by atoms with Crippen molar-refractivity contribution in [2.45, 2.75) is 19.5 Å². The monoisotopic (exact) mass is 342 g/mol. The van der Waals surface area contributed by atoms with Crippen molar-refractivity contribution < 1.29 is 14.3 Å². The lowest BCUT2D eigenvalue weighted by molar-refractivity contribution is -0.129. The average Bonchev–Trinajstić information content (AvgIpc) is 3.19. The van der Waals surface area contributed by atoms with Crippen molar-refractivity contribution in [3.05, 3.63) is 48.0 Å². The molecule has 0 saturated carbocycles. The minimum atomic E-state index is -0.314. The summed E-state index contributed by atoms with van der Waals surface area (Å²) in [5, 5.41) is 2.87. The molecule has 132 valence electrons. The zero-order valence-electron chi connectivity index (χ0n) is 14.4. The summed E-state index contributed by atoms with van der Waals surface area (Å²) in [4.78, 5) is 30.4. The Kier molecular flexibility index (Phi) is 5.02. The van der Waals surface area contributed by atoms with Crippen LogP contribution in [0.25, 0.3) is 0 Å². The van der Waals surface area contributed by atoms with Crippen molar-refractivity contribution in [3.8, 4) is 5.75 Å². The van der Waals surface area contributed by atoms with Crippen LogP contribution in [0.5, 0.6) is 5.75 Å². The molecular weight excluding hydrogens is 320 g/mol. The minimum absolute atomic E-state index is 0.00737. The van der Waals surface area contributed by atoms with E-state index in [2.05, 4.69) is 10.3 Å². The van der Waals surface area contributed by atoms with Gasteiger partial charge in [0.2, 0.25) is 11.8 Å². The van der Waals surface area contributed by atoms with Gasteiger partial charge in [0.25, 0.3) is 0 Å². The molecule has 1 unspecified atom stereocenters. The molecule has 1 N–H and O–H groups in total. The Labute approximate surface area is 146 Å². The molecular formula is C18H22N4O3. The van der Waals surface area contributed by atoms with Crippen LogP contribution in [0.15, 0.2) is 36.7 Å². The standard InChI is InChI=1S/C18H22N4O3/c1-21-8-7-19-16(21)10-20-18(24)14-9-17(23)22(12-14)11-13-3-5-15(25-2)6-4-13/h3-8,14H,9-12H2,1-2H3,(H,20,24). The van der Waals surface area contributed by atoms with Gasteiger partial charge in [-0.1, -0.05) is 12.1 Å². The molecule has 7 nitrogen and oxygen atoms in total. The molecule has 0 spiro atoms. The number of amides is 2. The molecule has 2 aromatic rings. The zero-order valence-corrected chi connectivity index (χ0v) is 14.4. The summed E-state index contributed by atoms with van der Waals surface area (Å²) >= 11 is 0. The van der Waals surface area contributed by atoms with Gasteiger partial charge in [-0.2, -0.15) is 0 Å². The van der Waals surface area contributed by atoms with Crippen LogP contribution in [0.1, 0.15) is 17.8 Å². The molecule has 1 fully saturated rings. The number of ether oxygens (including phenoxy) is 1. The Bertz CT molecular complexity index is 754. The number of carbonyl (C=O) groups excluding carboxylic acids is 2. The molecule has 25 heavy (non-hydrogen) atoms. The summed E-state index contributed by atoms with van der Waals surface area (Å²) < 4.78 is 6.99. The molecule has 1 aromatic heterocycles. The van der Waals surface area contributed by atoms with E-state index in [-0.39, 0.29) is 24.2 Å². The van der Waals surface area contributed by atoms with Gasteiger partial charge in [0, 0.05) is 39.0 Å². The zero-order chi connectivity index (χ0) is 17.8. The highest BCUT2D eigenvalue weighted by Crippen LogP contribution is 2.21. The lowest BCUT2D eigenvalue weighted by Gasteiger charge is -2.17. The van der Waals surface area contributed by atoms with Crippen molar-refractivity contribution in [1.82, 2.24) is 19.8 Å². The Morgan fingerprint density at radius 1 is 1.36 bits per heavy atom. The first-order valence-corrected chi connectivity index (χ1v) is 8.21. The highest BCUT2D eigenvalue weighted by Gasteiger charge is 2.34. The van der Waals surface area contributed by atoms with E-state index in [1.54, 1.807) is 18.2 Å². The van der Waals surface area contributed by atoms with Crippen LogP contribution in [0, 0.1) is 5.92 Å². The maximum atomic E-state index is 12.3. The van der Waals surface area contributed by atoms with Gasteiger partial charge in [-0.05, 0) is 17.7 Å². The third-order valence-electron chi connectivity index (χ3n) is 4.46. The lowest BCUT2D eigenvalue weighted by Crippen LogP contribution is -2.33. The van der Waals surface area contributed by atoms with Gasteiger partial charge in [0.15, 0.2) is 0 Å². The number of likely N-dealkylation sites (tertiary alicyclic amines) is 1. The summed E-state index contributed by atoms with van der Waals surface area (Å²) in [6.07, 6.45) is 3.77. The fourth-order valence-corrected chi connectivity index (χ4v) is 2.93. The SMILES string of the molecule is COc1ccc(CN2CC(C(=O)NCc3nccn3C)CC2=O)cc1. The van der Waals surface area contributed by atoms with Crippen LogP contribution in [0.3, 0.4) is 0 Å². The molecule has 1 aliphatic heterocycles. The number of aryl methyl sites for hydroxylation is 1. The van der Waals surface area contributed by atoms with Gasteiger partial charge in [-0.25, -0.2) is 4.98 Å². The lowest BCUT2D eigenvalue weighted by atomic mass is 10.1. The number of aromatic nitrogens is 2. The second kappa shape index (κ2) is 7.38. The van der Waals surface area contributed by atoms with Crippen molar-refractivity contribution in [2.24, 2.45) is 13.0 Å². The van der Waals surface area contributed by atoms with Crippen molar-refractivity contribution >= 4 is 11.8 Å². The van der Waals surface area contributed by atoms with E-state index in [0.717, 1.165) is 17.1 Å². The molecule has 3 rings (SSSR count). The van der Waals surface area contributed by atoms with Gasteiger partial charge in [0.05, 0.1) is 19.6 Å². The summed E-state index contributed by atoms with van der Waals surface area (Å²) in [7, 11) is 3.50. The second-order valence-corrected chi connectivity index (χ2v) is 6.20. The molecule has 1 saturated heterocycles. The molecule has 1 aromatic carbocycles. The topological polar surface area (TPSA) is 76.5 Å². The molecule has 0 bridgehead atoms. The van der Waals surface area contributed by atoms with Crippen LogP contribution in [0.2, 0.25) is 0 Å². The fourth-order valence-electron chi connectivity index (χ4n) is 2.93. The van der Waals surface area contributed by atoms with E-state index in [0.29, 0.717) is 19.6 Å². The van der Waals surface area contributed by atoms with E-state index < -0.39 is 0 Å². The predicted molar refractivity (Wildman–Crippen MR) is 91.6 cm³/mol. The van der Waals surface area contributed by atoms with E-state index in [1.807, 2.05) is 42.1 Å². The van der Waals surface area contributed by atoms with Crippen molar-refractivity contribution in [3.63, 3.8) is 0 Å². The smallest absolute Gasteiger partial charge is 0.225 e. The minimum Gasteiger partial charge on any atom is -0.497 e. The summed E-state index contributed by atoms with van der Waals surface area (Å²) in [5.41, 5.74) is 1.02. The quantitative estimate of drug-likeness (QED) is 0.853. The Morgan fingerprint density at radius 3 is 2.76 bits per heavy atom. The number of carbonyl (C=O) groups is 2. The molecule has 0 radical (unpaired) electrons. The molecule has 1 atom stereocenters. The van der Waals surface area contributed by atoms with E-state index in [4.69, 9.17) is 4.74 Å². The Balaban J connectivity index is 1.54. The predicted octanol–water partition coefficient (Wildman–Crippen LogP) is 1.09. The maximum Gasteiger partial charge on any atom is 0.225 e. The highest BCUT2D eigenvalue weighted by atomic mass is 16.5. The highest BCUT2D eigenvalue weighted by molar-refractivity contribution is 5.89. The van der Waals surface area contributed by atoms with Crippen LogP contribution < -0.4 is 10.1 Å². The van der Waals surface area contributed by atoms with Crippen LogP contribution in [0.4, 0.5) is 0 Å². The molecule has 2 amide bonds. The second-order valence-electron chi connectivity index (χ2n) is 6.20. The Hall–Kier alpha value is -2.83. The number of benzene rings is 1. The molecule has 1 aliphatic rings. The van der Waals surface area contributed by atoms with Crippen LogP contribution >= 0.6 is 0 Å². The molecule has 7 heteroatoms. The molecule has 2 heterocycles. The summed E-state index contributed by atoms with van der Waals surface area (Å²) in [5.74, 6) is 1.16. The van der Waals surface area contributed by atoms with E-state index in [1.165, 1.54) is 0 Å². The number of nitrogens with one attached hydrogen (secondary N) is 1. The van der Waals surface area contributed by atoms with Gasteiger partial charge < -0.3 is 19.5 Å². The van der Waals surface area contributed by atoms with E-state index >= 15 is 0 Å². The van der Waals surface area contributed by atoms with Crippen LogP contribution in [-0.4, -0.2) is 39.9 Å². The molecule has 0 aliphatic carbocycles. The third-order valence-corrected chi connectivity index (χ3v) is 4.46. The summed E-state index contributed by atoms with van der Waals surface area (Å²) in [6.45, 7) is 1.31. The fraction of sp³-hybridized carbons (Fsp3) is 0.389. The largest absolute Gasteiger partial charge is 0.497 e. The first kappa shape index (κ1) is 17.0. The normalized spacial score (nSPS) is 17.0. The summed E-state index contributed by atoms with van der Waals surface area (Å²) in [6, 6.07) is 7.60. The Morgan fingerprint density at radius 2 is 2.12 bits per heavy atom. The van der Waals surface area contributed by atoms with E-state index in [9.17, 15) is 9.59 Å². The van der Waals surface area contributed by atoms with Crippen molar-refractivity contribution in [2.75, 3.05) is 13.7 Å². The van der Waals surface area contributed by atoms with Gasteiger partial charge >= 0.3 is 0 Å². The first-order chi connectivity index (χ1) is 12.1. The van der Waals surface area contributed by atoms with Gasteiger partial charge in [-0.3, -0.25) is 9.59 Å². The number of nitrogens with zero attached hydrogens (tertiary/aromatic N) is 3. The number of rotatable bonds is 6. The number of methoxy groups -OCH3 is 1. The van der Waals surface area contributed by atoms with Crippen LogP contribution in [-0.2, 0) is 29.7 Å². The first-order valence-electron chi connectivity index (χ1n) is 8.21. The number of hydrogen-bond donors (Lipinski definition) is 1. The average molecular weight is 342 g/mol. The van der Waals surface area contributed by atoms with Gasteiger partial charge in [-0.15, -0.1) is 0 Å². The number of hydrogen-bond acceptors (Lipinski definition) is 4. The number of imidazole rings is 1. The van der Waals surface area contributed by atoms with Crippen molar-refractivity contribution in [1.29, 1.82) is 0 Å². The third kappa shape index (κ3) is 3.99. The maximum absolute atomic E-state index is 12.3.